The minimum Gasteiger partial charge on any atom is -0.360 e. The van der Waals surface area contributed by atoms with E-state index in [-0.39, 0.29) is 0 Å². The molecule has 3 nitrogen and oxygen atoms in total. The molecule has 94 valence electrons. The number of thiazole rings is 1. The average molecular weight is 269 g/mol. The standard InChI is InChI=1S/C12H19N3S2/c1-8(2)4-10-5-14-12(17-10)15-7-11-6-13-9(3)16-11/h6,8,10H,4-5,7H2,1-3H3,(H,14,15). The Labute approximate surface area is 111 Å². The third-order valence-corrected chi connectivity index (χ3v) is 4.62. The van der Waals surface area contributed by atoms with Crippen molar-refractivity contribution in [2.45, 2.75) is 39.0 Å². The quantitative estimate of drug-likeness (QED) is 0.913. The van der Waals surface area contributed by atoms with Crippen LogP contribution in [-0.4, -0.2) is 21.9 Å². The number of thioether (sulfide) groups is 1. The number of aromatic nitrogens is 1. The van der Waals surface area contributed by atoms with Crippen molar-refractivity contribution in [1.82, 2.24) is 10.3 Å². The van der Waals surface area contributed by atoms with E-state index >= 15 is 0 Å². The Bertz CT molecular complexity index is 398. The van der Waals surface area contributed by atoms with E-state index < -0.39 is 0 Å². The van der Waals surface area contributed by atoms with Crippen LogP contribution in [0.15, 0.2) is 11.2 Å². The lowest BCUT2D eigenvalue weighted by Gasteiger charge is -2.10. The van der Waals surface area contributed by atoms with Crippen LogP contribution in [-0.2, 0) is 6.54 Å². The molecule has 2 rings (SSSR count). The number of rotatable bonds is 4. The van der Waals surface area contributed by atoms with Crippen molar-refractivity contribution in [2.75, 3.05) is 6.54 Å². The van der Waals surface area contributed by atoms with Crippen molar-refractivity contribution in [3.8, 4) is 0 Å². The van der Waals surface area contributed by atoms with E-state index in [4.69, 9.17) is 0 Å². The first-order valence-electron chi connectivity index (χ1n) is 5.99. The van der Waals surface area contributed by atoms with Crippen LogP contribution in [0.3, 0.4) is 0 Å². The van der Waals surface area contributed by atoms with Gasteiger partial charge in [-0.05, 0) is 19.3 Å². The summed E-state index contributed by atoms with van der Waals surface area (Å²) in [5.41, 5.74) is 0. The smallest absolute Gasteiger partial charge is 0.157 e. The molecule has 1 N–H and O–H groups in total. The van der Waals surface area contributed by atoms with Crippen molar-refractivity contribution >= 4 is 28.3 Å². The molecule has 0 aliphatic carbocycles. The maximum absolute atomic E-state index is 4.54. The van der Waals surface area contributed by atoms with Crippen molar-refractivity contribution in [1.29, 1.82) is 0 Å². The zero-order chi connectivity index (χ0) is 12.3. The third-order valence-electron chi connectivity index (χ3n) is 2.53. The van der Waals surface area contributed by atoms with Gasteiger partial charge in [0, 0.05) is 16.3 Å². The van der Waals surface area contributed by atoms with Crippen LogP contribution in [0.25, 0.3) is 0 Å². The van der Waals surface area contributed by atoms with Crippen LogP contribution in [0.4, 0.5) is 0 Å². The fourth-order valence-corrected chi connectivity index (χ4v) is 3.80. The van der Waals surface area contributed by atoms with Crippen LogP contribution < -0.4 is 5.32 Å². The molecule has 0 amide bonds. The molecule has 0 spiro atoms. The number of nitrogens with one attached hydrogen (secondary N) is 1. The van der Waals surface area contributed by atoms with Gasteiger partial charge in [0.1, 0.15) is 0 Å². The largest absolute Gasteiger partial charge is 0.360 e. The maximum Gasteiger partial charge on any atom is 0.157 e. The summed E-state index contributed by atoms with van der Waals surface area (Å²) in [5.74, 6) is 0.756. The predicted octanol–water partition coefficient (Wildman–Crippen LogP) is 3.06. The minimum absolute atomic E-state index is 0.667. The highest BCUT2D eigenvalue weighted by Crippen LogP contribution is 2.25. The van der Waals surface area contributed by atoms with E-state index in [1.807, 2.05) is 24.9 Å². The molecule has 1 atom stereocenters. The summed E-state index contributed by atoms with van der Waals surface area (Å²) >= 11 is 3.63. The molecule has 0 saturated heterocycles. The van der Waals surface area contributed by atoms with E-state index in [1.165, 1.54) is 11.3 Å². The highest BCUT2D eigenvalue weighted by Gasteiger charge is 2.20. The average Bonchev–Trinajstić information content (AvgIpc) is 2.84. The first-order valence-corrected chi connectivity index (χ1v) is 7.69. The van der Waals surface area contributed by atoms with E-state index in [0.717, 1.165) is 29.2 Å². The molecular weight excluding hydrogens is 250 g/mol. The highest BCUT2D eigenvalue weighted by atomic mass is 32.2. The third kappa shape index (κ3) is 4.00. The van der Waals surface area contributed by atoms with E-state index in [9.17, 15) is 0 Å². The summed E-state index contributed by atoms with van der Waals surface area (Å²) < 4.78 is 0. The number of nitrogens with zero attached hydrogens (tertiary/aromatic N) is 2. The number of hydrogen-bond acceptors (Lipinski definition) is 5. The summed E-state index contributed by atoms with van der Waals surface area (Å²) in [6, 6.07) is 0. The molecule has 1 aliphatic heterocycles. The summed E-state index contributed by atoms with van der Waals surface area (Å²) in [7, 11) is 0. The van der Waals surface area contributed by atoms with Crippen LogP contribution in [0.1, 0.15) is 30.2 Å². The molecule has 1 aromatic heterocycles. The first kappa shape index (κ1) is 12.9. The predicted molar refractivity (Wildman–Crippen MR) is 76.8 cm³/mol. The molecule has 0 saturated carbocycles. The second kappa shape index (κ2) is 5.87. The molecular formula is C12H19N3S2. The van der Waals surface area contributed by atoms with Crippen LogP contribution in [0.5, 0.6) is 0 Å². The molecule has 0 fully saturated rings. The van der Waals surface area contributed by atoms with Gasteiger partial charge < -0.3 is 5.32 Å². The molecule has 0 radical (unpaired) electrons. The zero-order valence-electron chi connectivity index (χ0n) is 10.6. The van der Waals surface area contributed by atoms with Gasteiger partial charge in [-0.1, -0.05) is 25.6 Å². The van der Waals surface area contributed by atoms with Crippen LogP contribution >= 0.6 is 23.1 Å². The second-order valence-corrected chi connectivity index (χ2v) is 7.32. The lowest BCUT2D eigenvalue weighted by atomic mass is 10.1. The van der Waals surface area contributed by atoms with E-state index in [1.54, 1.807) is 11.3 Å². The van der Waals surface area contributed by atoms with E-state index in [0.29, 0.717) is 5.25 Å². The van der Waals surface area contributed by atoms with Crippen LogP contribution in [0, 0.1) is 12.8 Å². The highest BCUT2D eigenvalue weighted by molar-refractivity contribution is 8.14. The Balaban J connectivity index is 1.74. The van der Waals surface area contributed by atoms with Gasteiger partial charge in [0.05, 0.1) is 18.1 Å². The second-order valence-electron chi connectivity index (χ2n) is 4.71. The molecule has 1 aromatic rings. The van der Waals surface area contributed by atoms with Gasteiger partial charge >= 0.3 is 0 Å². The Morgan fingerprint density at radius 3 is 3.00 bits per heavy atom. The Hall–Kier alpha value is -0.550. The lowest BCUT2D eigenvalue weighted by Crippen LogP contribution is -2.18. The normalized spacial score (nSPS) is 19.8. The van der Waals surface area contributed by atoms with E-state index in [2.05, 4.69) is 29.1 Å². The number of hydrogen-bond donors (Lipinski definition) is 1. The van der Waals surface area contributed by atoms with Gasteiger partial charge in [0.2, 0.25) is 0 Å². The SMILES string of the molecule is Cc1ncc(CNC2=NCC(CC(C)C)S2)s1. The summed E-state index contributed by atoms with van der Waals surface area (Å²) in [4.78, 5) is 10.1. The van der Waals surface area contributed by atoms with Crippen molar-refractivity contribution in [2.24, 2.45) is 10.9 Å². The van der Waals surface area contributed by atoms with Gasteiger partial charge in [0.15, 0.2) is 5.17 Å². The Kier molecular flexibility index (Phi) is 4.45. The van der Waals surface area contributed by atoms with Crippen LogP contribution in [0.2, 0.25) is 0 Å². The van der Waals surface area contributed by atoms with Crippen molar-refractivity contribution in [3.05, 3.63) is 16.1 Å². The molecule has 2 heterocycles. The van der Waals surface area contributed by atoms with Crippen molar-refractivity contribution in [3.63, 3.8) is 0 Å². The number of aryl methyl sites for hydroxylation is 1. The lowest BCUT2D eigenvalue weighted by molar-refractivity contribution is 0.575. The Morgan fingerprint density at radius 2 is 2.35 bits per heavy atom. The molecule has 1 aliphatic rings. The fraction of sp³-hybridized carbons (Fsp3) is 0.667. The molecule has 5 heteroatoms. The van der Waals surface area contributed by atoms with Gasteiger partial charge in [-0.3, -0.25) is 4.99 Å². The molecule has 0 aromatic carbocycles. The zero-order valence-corrected chi connectivity index (χ0v) is 12.2. The van der Waals surface area contributed by atoms with Gasteiger partial charge in [-0.2, -0.15) is 0 Å². The molecule has 0 bridgehead atoms. The van der Waals surface area contributed by atoms with Gasteiger partial charge in [0.25, 0.3) is 0 Å². The summed E-state index contributed by atoms with van der Waals surface area (Å²) in [6.45, 7) is 8.39. The summed E-state index contributed by atoms with van der Waals surface area (Å²) in [5, 5.41) is 6.29. The number of aliphatic imine (C=N–C) groups is 1. The first-order chi connectivity index (χ1) is 8.13. The fourth-order valence-electron chi connectivity index (χ4n) is 1.81. The summed E-state index contributed by atoms with van der Waals surface area (Å²) in [6.07, 6.45) is 3.19. The monoisotopic (exact) mass is 269 g/mol. The maximum atomic E-state index is 4.54. The topological polar surface area (TPSA) is 37.3 Å². The van der Waals surface area contributed by atoms with Gasteiger partial charge in [-0.25, -0.2) is 4.98 Å². The molecule has 1 unspecified atom stereocenters. The number of amidine groups is 1. The minimum atomic E-state index is 0.667. The molecule has 17 heavy (non-hydrogen) atoms. The van der Waals surface area contributed by atoms with Gasteiger partial charge in [-0.15, -0.1) is 11.3 Å². The van der Waals surface area contributed by atoms with Crippen molar-refractivity contribution < 1.29 is 0 Å². The Morgan fingerprint density at radius 1 is 1.53 bits per heavy atom.